The first kappa shape index (κ1) is 22.6. The number of allylic oxidation sites excluding steroid dienone is 2. The Labute approximate surface area is 204 Å². The van der Waals surface area contributed by atoms with Crippen LogP contribution in [0.1, 0.15) is 29.5 Å². The predicted molar refractivity (Wildman–Crippen MR) is 135 cm³/mol. The van der Waals surface area contributed by atoms with Crippen LogP contribution < -0.4 is 19.5 Å². The summed E-state index contributed by atoms with van der Waals surface area (Å²) in [7, 11) is -0.461. The third kappa shape index (κ3) is 4.10. The predicted octanol–water partition coefficient (Wildman–Crippen LogP) is 5.98. The molecule has 0 radical (unpaired) electrons. The minimum Gasteiger partial charge on any atom is -0.497 e. The number of ether oxygens (including phenoxy) is 2. The largest absolute Gasteiger partial charge is 0.497 e. The van der Waals surface area contributed by atoms with Crippen molar-refractivity contribution in [3.63, 3.8) is 0 Å². The summed E-state index contributed by atoms with van der Waals surface area (Å²) in [6.07, 6.45) is 5.23. The van der Waals surface area contributed by atoms with E-state index in [1.807, 2.05) is 24.3 Å². The molecular weight excluding hydrogens is 472 g/mol. The van der Waals surface area contributed by atoms with Gasteiger partial charge >= 0.3 is 0 Å². The van der Waals surface area contributed by atoms with Crippen LogP contribution in [0.5, 0.6) is 11.5 Å². The number of halogens is 1. The molecule has 176 valence electrons. The van der Waals surface area contributed by atoms with Crippen molar-refractivity contribution in [1.82, 2.24) is 0 Å². The Hall–Kier alpha value is -3.16. The highest BCUT2D eigenvalue weighted by atomic mass is 35.5. The maximum Gasteiger partial charge on any atom is 0.261 e. The van der Waals surface area contributed by atoms with E-state index in [9.17, 15) is 8.42 Å². The SMILES string of the molecule is COc1ccc([C@H]2Nc3ccc(S(=O)(=O)Nc4ccc(Cl)cc4)cc3[C@H]3C=CC[C@H]32)c(OC)c1. The molecule has 2 aliphatic rings. The second-order valence-electron chi connectivity index (χ2n) is 8.44. The lowest BCUT2D eigenvalue weighted by Crippen LogP contribution is -2.29. The Bertz CT molecular complexity index is 1360. The van der Waals surface area contributed by atoms with E-state index < -0.39 is 10.0 Å². The zero-order valence-corrected chi connectivity index (χ0v) is 20.4. The Kier molecular flexibility index (Phi) is 5.91. The van der Waals surface area contributed by atoms with Crippen LogP contribution >= 0.6 is 11.6 Å². The number of hydrogen-bond donors (Lipinski definition) is 2. The van der Waals surface area contributed by atoms with Crippen LogP contribution in [0.25, 0.3) is 0 Å². The van der Waals surface area contributed by atoms with Crippen molar-refractivity contribution in [3.05, 3.63) is 89.0 Å². The second-order valence-corrected chi connectivity index (χ2v) is 10.6. The summed E-state index contributed by atoms with van der Waals surface area (Å²) >= 11 is 5.92. The number of rotatable bonds is 6. The minimum absolute atomic E-state index is 0.0167. The number of sulfonamides is 1. The smallest absolute Gasteiger partial charge is 0.261 e. The van der Waals surface area contributed by atoms with Gasteiger partial charge < -0.3 is 14.8 Å². The van der Waals surface area contributed by atoms with Crippen molar-refractivity contribution < 1.29 is 17.9 Å². The molecule has 0 amide bonds. The van der Waals surface area contributed by atoms with E-state index in [-0.39, 0.29) is 22.8 Å². The number of fused-ring (bicyclic) bond motifs is 3. The zero-order chi connectivity index (χ0) is 23.9. The minimum atomic E-state index is -3.75. The molecule has 0 bridgehead atoms. The molecule has 1 heterocycles. The number of benzene rings is 3. The van der Waals surface area contributed by atoms with E-state index in [1.54, 1.807) is 50.6 Å². The second kappa shape index (κ2) is 8.89. The van der Waals surface area contributed by atoms with E-state index >= 15 is 0 Å². The van der Waals surface area contributed by atoms with Gasteiger partial charge in [0.25, 0.3) is 10.0 Å². The molecule has 5 rings (SSSR count). The molecule has 3 aromatic carbocycles. The Morgan fingerprint density at radius 1 is 0.971 bits per heavy atom. The highest BCUT2D eigenvalue weighted by molar-refractivity contribution is 7.92. The van der Waals surface area contributed by atoms with Gasteiger partial charge in [-0.3, -0.25) is 4.72 Å². The average Bonchev–Trinajstić information content (AvgIpc) is 3.34. The molecule has 3 aromatic rings. The summed E-state index contributed by atoms with van der Waals surface area (Å²) in [5.74, 6) is 1.83. The fraction of sp³-hybridized carbons (Fsp3) is 0.231. The molecule has 2 N–H and O–H groups in total. The summed E-state index contributed by atoms with van der Waals surface area (Å²) < 4.78 is 39.8. The van der Waals surface area contributed by atoms with Gasteiger partial charge in [0.1, 0.15) is 11.5 Å². The standard InChI is InChI=1S/C26H25ClN2O4S/c1-32-18-10-12-22(25(14-18)33-2)26-21-5-3-4-20(21)23-15-19(11-13-24(23)28-26)34(30,31)29-17-8-6-16(27)7-9-17/h3-4,6-15,20-21,26,28-29H,5H2,1-2H3/t20-,21+,26-/m0/s1. The first-order valence-electron chi connectivity index (χ1n) is 11.0. The van der Waals surface area contributed by atoms with E-state index in [2.05, 4.69) is 22.2 Å². The maximum absolute atomic E-state index is 13.1. The van der Waals surface area contributed by atoms with Gasteiger partial charge in [-0.05, 0) is 72.5 Å². The Balaban J connectivity index is 1.49. The highest BCUT2D eigenvalue weighted by Crippen LogP contribution is 2.51. The van der Waals surface area contributed by atoms with Gasteiger partial charge in [0.2, 0.25) is 0 Å². The molecule has 1 aliphatic carbocycles. The first-order chi connectivity index (χ1) is 16.4. The monoisotopic (exact) mass is 496 g/mol. The van der Waals surface area contributed by atoms with Gasteiger partial charge in [0.15, 0.2) is 0 Å². The molecule has 6 nitrogen and oxygen atoms in total. The zero-order valence-electron chi connectivity index (χ0n) is 18.8. The molecule has 8 heteroatoms. The number of anilines is 2. The summed E-state index contributed by atoms with van der Waals surface area (Å²) in [5.41, 5.74) is 3.40. The van der Waals surface area contributed by atoms with Crippen molar-refractivity contribution in [2.75, 3.05) is 24.3 Å². The lowest BCUT2D eigenvalue weighted by Gasteiger charge is -2.38. The van der Waals surface area contributed by atoms with Crippen LogP contribution in [0.15, 0.2) is 77.7 Å². The average molecular weight is 497 g/mol. The van der Waals surface area contributed by atoms with Crippen LogP contribution in [0.3, 0.4) is 0 Å². The molecule has 0 saturated heterocycles. The summed E-state index contributed by atoms with van der Waals surface area (Å²) in [5, 5.41) is 4.19. The summed E-state index contributed by atoms with van der Waals surface area (Å²) in [6, 6.07) is 17.7. The Morgan fingerprint density at radius 3 is 2.50 bits per heavy atom. The third-order valence-corrected chi connectivity index (χ3v) is 8.15. The van der Waals surface area contributed by atoms with Gasteiger partial charge in [-0.25, -0.2) is 8.42 Å². The van der Waals surface area contributed by atoms with Crippen molar-refractivity contribution in [2.45, 2.75) is 23.3 Å². The van der Waals surface area contributed by atoms with E-state index in [4.69, 9.17) is 21.1 Å². The van der Waals surface area contributed by atoms with E-state index in [0.29, 0.717) is 10.7 Å². The quantitative estimate of drug-likeness (QED) is 0.410. The topological polar surface area (TPSA) is 76.7 Å². The van der Waals surface area contributed by atoms with Gasteiger partial charge in [0, 0.05) is 33.9 Å². The van der Waals surface area contributed by atoms with Gasteiger partial charge in [-0.1, -0.05) is 23.8 Å². The molecule has 0 saturated carbocycles. The molecule has 34 heavy (non-hydrogen) atoms. The van der Waals surface area contributed by atoms with Gasteiger partial charge in [0.05, 0.1) is 25.2 Å². The van der Waals surface area contributed by atoms with Crippen LogP contribution in [-0.4, -0.2) is 22.6 Å². The van der Waals surface area contributed by atoms with Crippen molar-refractivity contribution in [1.29, 1.82) is 0 Å². The highest BCUT2D eigenvalue weighted by Gasteiger charge is 2.39. The summed E-state index contributed by atoms with van der Waals surface area (Å²) in [6.45, 7) is 0. The van der Waals surface area contributed by atoms with Crippen LogP contribution in [0.4, 0.5) is 11.4 Å². The van der Waals surface area contributed by atoms with Crippen molar-refractivity contribution >= 4 is 33.0 Å². The van der Waals surface area contributed by atoms with E-state index in [1.165, 1.54) is 0 Å². The molecular formula is C26H25ClN2O4S. The number of methoxy groups -OCH3 is 2. The third-order valence-electron chi connectivity index (χ3n) is 6.52. The van der Waals surface area contributed by atoms with Crippen LogP contribution in [-0.2, 0) is 10.0 Å². The molecule has 0 aromatic heterocycles. The molecule has 1 aliphatic heterocycles. The van der Waals surface area contributed by atoms with Crippen LogP contribution in [0.2, 0.25) is 5.02 Å². The van der Waals surface area contributed by atoms with E-state index in [0.717, 1.165) is 34.7 Å². The fourth-order valence-electron chi connectivity index (χ4n) is 4.85. The van der Waals surface area contributed by atoms with Crippen molar-refractivity contribution in [3.8, 4) is 11.5 Å². The first-order valence-corrected chi connectivity index (χ1v) is 12.8. The Morgan fingerprint density at radius 2 is 1.76 bits per heavy atom. The maximum atomic E-state index is 13.1. The normalized spacial score (nSPS) is 20.7. The molecule has 3 atom stereocenters. The number of nitrogens with one attached hydrogen (secondary N) is 2. The number of hydrogen-bond acceptors (Lipinski definition) is 5. The van der Waals surface area contributed by atoms with Gasteiger partial charge in [-0.2, -0.15) is 0 Å². The summed E-state index contributed by atoms with van der Waals surface area (Å²) in [4.78, 5) is 0.225. The van der Waals surface area contributed by atoms with Crippen molar-refractivity contribution in [2.24, 2.45) is 5.92 Å². The molecule has 0 unspecified atom stereocenters. The molecule has 0 fully saturated rings. The van der Waals surface area contributed by atoms with Crippen LogP contribution in [0, 0.1) is 5.92 Å². The van der Waals surface area contributed by atoms with Gasteiger partial charge in [-0.15, -0.1) is 0 Å². The fourth-order valence-corrected chi connectivity index (χ4v) is 6.07. The lowest BCUT2D eigenvalue weighted by atomic mass is 9.77. The molecule has 0 spiro atoms. The lowest BCUT2D eigenvalue weighted by molar-refractivity contribution is 0.372.